The Bertz CT molecular complexity index is 541. The van der Waals surface area contributed by atoms with Crippen LogP contribution in [0.1, 0.15) is 82.6 Å². The summed E-state index contributed by atoms with van der Waals surface area (Å²) >= 11 is 0. The molecule has 1 aromatic carbocycles. The predicted molar refractivity (Wildman–Crippen MR) is 95.9 cm³/mol. The molecule has 0 spiro atoms. The predicted octanol–water partition coefficient (Wildman–Crippen LogP) is 8.98. The molecular weight excluding hydrogens is 355 g/mol. The third-order valence-electron chi connectivity index (χ3n) is 5.36. The topological polar surface area (TPSA) is 0 Å². The molecule has 1 saturated carbocycles. The van der Waals surface area contributed by atoms with Crippen molar-refractivity contribution in [3.8, 4) is 0 Å². The molecule has 25 heavy (non-hydrogen) atoms. The Morgan fingerprint density at radius 1 is 0.800 bits per heavy atom. The maximum Gasteiger partial charge on any atom is 0.310 e. The monoisotopic (exact) mass is 384 g/mol. The van der Waals surface area contributed by atoms with Gasteiger partial charge in [-0.2, -0.15) is 0 Å². The molecule has 0 nitrogen and oxygen atoms in total. The van der Waals surface area contributed by atoms with Crippen molar-refractivity contribution in [2.75, 3.05) is 0 Å². The first-order valence-electron chi connectivity index (χ1n) is 9.33. The lowest BCUT2D eigenvalue weighted by Gasteiger charge is -2.40. The average Bonchev–Trinajstić information content (AvgIpc) is 2.53. The minimum atomic E-state index is -9.55. The number of unbranched alkanes of at least 4 members (excludes halogenated alkanes) is 4. The SMILES string of the molecule is CCCCCCCC1CCC(c2ccc(S(F)(F)(F)(F)F)cc2)CC1. The summed E-state index contributed by atoms with van der Waals surface area (Å²) in [5.74, 6) is 0.908. The van der Waals surface area contributed by atoms with Crippen LogP contribution < -0.4 is 0 Å². The van der Waals surface area contributed by atoms with Crippen molar-refractivity contribution in [1.29, 1.82) is 0 Å². The summed E-state index contributed by atoms with van der Waals surface area (Å²) in [6, 6.07) is 3.58. The molecule has 1 aliphatic rings. The van der Waals surface area contributed by atoms with E-state index >= 15 is 0 Å². The zero-order valence-electron chi connectivity index (χ0n) is 14.8. The van der Waals surface area contributed by atoms with Gasteiger partial charge in [-0.1, -0.05) is 77.0 Å². The van der Waals surface area contributed by atoms with E-state index in [-0.39, 0.29) is 5.92 Å². The summed E-state index contributed by atoms with van der Waals surface area (Å²) in [5, 5.41) is 0. The van der Waals surface area contributed by atoms with Gasteiger partial charge in [0.1, 0.15) is 4.90 Å². The van der Waals surface area contributed by atoms with Crippen LogP contribution in [-0.2, 0) is 0 Å². The highest BCUT2D eigenvalue weighted by Crippen LogP contribution is 3.02. The van der Waals surface area contributed by atoms with Crippen molar-refractivity contribution in [3.05, 3.63) is 29.8 Å². The lowest BCUT2D eigenvalue weighted by atomic mass is 9.77. The van der Waals surface area contributed by atoms with E-state index in [0.29, 0.717) is 18.1 Å². The molecular formula is C19H29F5S. The van der Waals surface area contributed by atoms with Crippen LogP contribution >= 0.6 is 10.2 Å². The zero-order chi connectivity index (χ0) is 18.6. The molecule has 0 amide bonds. The van der Waals surface area contributed by atoms with Crippen LogP contribution in [0.4, 0.5) is 19.4 Å². The van der Waals surface area contributed by atoms with Crippen LogP contribution in [0.25, 0.3) is 0 Å². The van der Waals surface area contributed by atoms with Gasteiger partial charge in [0.2, 0.25) is 0 Å². The van der Waals surface area contributed by atoms with Crippen molar-refractivity contribution >= 4 is 10.2 Å². The first-order chi connectivity index (χ1) is 11.5. The Hall–Kier alpha value is -0.780. The first-order valence-corrected chi connectivity index (χ1v) is 11.3. The van der Waals surface area contributed by atoms with Gasteiger partial charge in [0, 0.05) is 0 Å². The lowest BCUT2D eigenvalue weighted by molar-refractivity contribution is 0.302. The van der Waals surface area contributed by atoms with Gasteiger partial charge in [0.05, 0.1) is 0 Å². The maximum absolute atomic E-state index is 12.8. The number of rotatable bonds is 8. The van der Waals surface area contributed by atoms with Crippen LogP contribution in [-0.4, -0.2) is 0 Å². The second-order valence-electron chi connectivity index (χ2n) is 7.46. The summed E-state index contributed by atoms with van der Waals surface area (Å²) in [6.07, 6.45) is 11.7. The van der Waals surface area contributed by atoms with Crippen molar-refractivity contribution in [1.82, 2.24) is 0 Å². The van der Waals surface area contributed by atoms with E-state index in [1.807, 2.05) is 0 Å². The second-order valence-corrected chi connectivity index (χ2v) is 9.87. The van der Waals surface area contributed by atoms with Gasteiger partial charge in [-0.25, -0.2) is 0 Å². The smallest absolute Gasteiger partial charge is 0.0936 e. The van der Waals surface area contributed by atoms with Gasteiger partial charge in [0.25, 0.3) is 0 Å². The molecule has 1 fully saturated rings. The fourth-order valence-electron chi connectivity index (χ4n) is 3.82. The highest BCUT2D eigenvalue weighted by molar-refractivity contribution is 8.45. The van der Waals surface area contributed by atoms with Gasteiger partial charge >= 0.3 is 10.2 Å². The Morgan fingerprint density at radius 3 is 1.88 bits per heavy atom. The zero-order valence-corrected chi connectivity index (χ0v) is 15.6. The van der Waals surface area contributed by atoms with Gasteiger partial charge < -0.3 is 0 Å². The molecule has 1 aromatic rings. The van der Waals surface area contributed by atoms with E-state index in [4.69, 9.17) is 0 Å². The molecule has 6 heteroatoms. The molecule has 0 radical (unpaired) electrons. The van der Waals surface area contributed by atoms with Crippen LogP contribution in [0.2, 0.25) is 0 Å². The normalized spacial score (nSPS) is 24.6. The molecule has 0 bridgehead atoms. The maximum atomic E-state index is 12.8. The number of benzene rings is 1. The van der Waals surface area contributed by atoms with E-state index in [0.717, 1.165) is 31.2 Å². The Labute approximate surface area is 147 Å². The molecule has 146 valence electrons. The molecule has 0 aliphatic heterocycles. The van der Waals surface area contributed by atoms with E-state index < -0.39 is 15.1 Å². The molecule has 0 N–H and O–H groups in total. The average molecular weight is 384 g/mol. The summed E-state index contributed by atoms with van der Waals surface area (Å²) < 4.78 is 63.8. The van der Waals surface area contributed by atoms with Crippen molar-refractivity contribution in [3.63, 3.8) is 0 Å². The van der Waals surface area contributed by atoms with Crippen LogP contribution in [0, 0.1) is 5.92 Å². The molecule has 0 atom stereocenters. The van der Waals surface area contributed by atoms with E-state index in [1.54, 1.807) is 0 Å². The fourth-order valence-corrected chi connectivity index (χ4v) is 4.47. The fraction of sp³-hybridized carbons (Fsp3) is 0.684. The summed E-state index contributed by atoms with van der Waals surface area (Å²) in [5.41, 5.74) is 0.756. The Kier molecular flexibility index (Phi) is 5.82. The number of hydrogen-bond acceptors (Lipinski definition) is 0. The molecule has 0 heterocycles. The minimum Gasteiger partial charge on any atom is -0.0936 e. The van der Waals surface area contributed by atoms with E-state index in [9.17, 15) is 19.4 Å². The van der Waals surface area contributed by atoms with E-state index in [1.165, 1.54) is 50.7 Å². The second kappa shape index (κ2) is 7.09. The van der Waals surface area contributed by atoms with Crippen LogP contribution in [0.15, 0.2) is 29.2 Å². The highest BCUT2D eigenvalue weighted by atomic mass is 32.5. The van der Waals surface area contributed by atoms with Gasteiger partial charge in [-0.05, 0) is 55.2 Å². The lowest BCUT2D eigenvalue weighted by Crippen LogP contribution is -2.13. The van der Waals surface area contributed by atoms with Gasteiger partial charge in [0.15, 0.2) is 0 Å². The Morgan fingerprint density at radius 2 is 1.36 bits per heavy atom. The molecule has 0 aromatic heterocycles. The van der Waals surface area contributed by atoms with Crippen molar-refractivity contribution < 1.29 is 19.4 Å². The first kappa shape index (κ1) is 20.5. The van der Waals surface area contributed by atoms with Crippen molar-refractivity contribution in [2.24, 2.45) is 5.92 Å². The minimum absolute atomic E-state index is 0.198. The molecule has 2 rings (SSSR count). The highest BCUT2D eigenvalue weighted by Gasteiger charge is 2.65. The van der Waals surface area contributed by atoms with Gasteiger partial charge in [-0.15, -0.1) is 0 Å². The van der Waals surface area contributed by atoms with Crippen LogP contribution in [0.5, 0.6) is 0 Å². The number of hydrogen-bond donors (Lipinski definition) is 0. The Balaban J connectivity index is 1.83. The third kappa shape index (κ3) is 6.46. The summed E-state index contributed by atoms with van der Waals surface area (Å²) in [4.78, 5) is -1.79. The standard InChI is InChI=1S/C19H29F5S/c1-2-3-4-5-6-7-16-8-10-17(11-9-16)18-12-14-19(15-13-18)25(20,21,22,23)24/h12-17H,2-11H2,1H3. The summed E-state index contributed by atoms with van der Waals surface area (Å²) in [6.45, 7) is 2.20. The van der Waals surface area contributed by atoms with Gasteiger partial charge in [-0.3, -0.25) is 0 Å². The third-order valence-corrected chi connectivity index (χ3v) is 6.52. The van der Waals surface area contributed by atoms with Crippen molar-refractivity contribution in [2.45, 2.75) is 81.9 Å². The molecule has 0 unspecified atom stereocenters. The quantitative estimate of drug-likeness (QED) is 0.310. The molecule has 0 saturated heterocycles. The largest absolute Gasteiger partial charge is 0.310 e. The molecule has 1 aliphatic carbocycles. The van der Waals surface area contributed by atoms with Crippen LogP contribution in [0.3, 0.4) is 0 Å². The summed E-state index contributed by atoms with van der Waals surface area (Å²) in [7, 11) is -9.55. The number of halogens is 5. The van der Waals surface area contributed by atoms with E-state index in [2.05, 4.69) is 6.92 Å².